The van der Waals surface area contributed by atoms with Gasteiger partial charge in [0, 0.05) is 5.92 Å². The van der Waals surface area contributed by atoms with Gasteiger partial charge in [0.15, 0.2) is 0 Å². The quantitative estimate of drug-likeness (QED) is 0.597. The Labute approximate surface area is 75.5 Å². The van der Waals surface area contributed by atoms with Crippen molar-refractivity contribution in [3.63, 3.8) is 0 Å². The Morgan fingerprint density at radius 2 is 2.08 bits per heavy atom. The summed E-state index contributed by atoms with van der Waals surface area (Å²) in [6.45, 7) is 8.65. The fourth-order valence-corrected chi connectivity index (χ4v) is 2.13. The molecule has 0 radical (unpaired) electrons. The molecule has 0 amide bonds. The lowest BCUT2D eigenvalue weighted by Gasteiger charge is -2.33. The molecule has 0 saturated heterocycles. The predicted octanol–water partition coefficient (Wildman–Crippen LogP) is 2.61. The molecule has 0 aromatic carbocycles. The molecule has 1 aliphatic carbocycles. The molecule has 0 heterocycles. The lowest BCUT2D eigenvalue weighted by molar-refractivity contribution is 0.0443. The number of allylic oxidation sites excluding steroid dienone is 1. The molecule has 0 saturated carbocycles. The van der Waals surface area contributed by atoms with E-state index in [0.717, 1.165) is 6.42 Å². The van der Waals surface area contributed by atoms with E-state index in [1.165, 1.54) is 5.57 Å². The van der Waals surface area contributed by atoms with Crippen LogP contribution >= 0.6 is 0 Å². The third-order valence-electron chi connectivity index (χ3n) is 2.94. The summed E-state index contributed by atoms with van der Waals surface area (Å²) in [5.41, 5.74) is 1.44. The van der Waals surface area contributed by atoms with Crippen molar-refractivity contribution in [3.8, 4) is 0 Å². The van der Waals surface area contributed by atoms with Crippen LogP contribution in [0.5, 0.6) is 0 Å². The van der Waals surface area contributed by atoms with Gasteiger partial charge in [-0.2, -0.15) is 0 Å². The Hall–Kier alpha value is -0.300. The Morgan fingerprint density at radius 1 is 1.50 bits per heavy atom. The van der Waals surface area contributed by atoms with E-state index >= 15 is 0 Å². The van der Waals surface area contributed by atoms with Gasteiger partial charge in [0.05, 0.1) is 6.10 Å². The summed E-state index contributed by atoms with van der Waals surface area (Å²) in [6.07, 6.45) is 3.14. The second kappa shape index (κ2) is 3.61. The summed E-state index contributed by atoms with van der Waals surface area (Å²) in [4.78, 5) is 0. The monoisotopic (exact) mass is 168 g/mol. The highest BCUT2D eigenvalue weighted by atomic mass is 16.3. The van der Waals surface area contributed by atoms with E-state index in [4.69, 9.17) is 0 Å². The molecule has 0 spiro atoms. The average Bonchev–Trinajstić information content (AvgIpc) is 1.96. The fourth-order valence-electron chi connectivity index (χ4n) is 2.13. The van der Waals surface area contributed by atoms with Crippen molar-refractivity contribution in [2.75, 3.05) is 0 Å². The molecular formula is C11H20O. The van der Waals surface area contributed by atoms with Crippen LogP contribution in [0.1, 0.15) is 34.1 Å². The van der Waals surface area contributed by atoms with Crippen molar-refractivity contribution < 1.29 is 5.11 Å². The van der Waals surface area contributed by atoms with E-state index in [9.17, 15) is 5.11 Å². The van der Waals surface area contributed by atoms with Crippen molar-refractivity contribution in [3.05, 3.63) is 11.6 Å². The van der Waals surface area contributed by atoms with Gasteiger partial charge in [0.25, 0.3) is 0 Å². The molecule has 1 rings (SSSR count). The molecule has 1 aliphatic rings. The topological polar surface area (TPSA) is 20.2 Å². The van der Waals surface area contributed by atoms with Crippen LogP contribution < -0.4 is 0 Å². The van der Waals surface area contributed by atoms with Crippen LogP contribution in [-0.2, 0) is 0 Å². The molecule has 1 heteroatoms. The third-order valence-corrected chi connectivity index (χ3v) is 2.94. The van der Waals surface area contributed by atoms with E-state index in [0.29, 0.717) is 17.8 Å². The van der Waals surface area contributed by atoms with E-state index < -0.39 is 0 Å². The molecule has 0 aromatic heterocycles. The molecule has 0 aromatic rings. The van der Waals surface area contributed by atoms with Gasteiger partial charge in [-0.1, -0.05) is 32.4 Å². The Morgan fingerprint density at radius 3 is 2.58 bits per heavy atom. The average molecular weight is 168 g/mol. The standard InChI is InChI=1S/C11H20O/c1-7(2)10-6-8(3)5-9(4)11(10)12/h5,7,9-12H,6H2,1-4H3/t9-,10-,11+/m1/s1. The van der Waals surface area contributed by atoms with Crippen LogP contribution in [-0.4, -0.2) is 11.2 Å². The zero-order chi connectivity index (χ0) is 9.30. The summed E-state index contributed by atoms with van der Waals surface area (Å²) in [6, 6.07) is 0. The van der Waals surface area contributed by atoms with Crippen molar-refractivity contribution >= 4 is 0 Å². The lowest BCUT2D eigenvalue weighted by atomic mass is 9.75. The minimum Gasteiger partial charge on any atom is -0.392 e. The van der Waals surface area contributed by atoms with Crippen molar-refractivity contribution in [1.82, 2.24) is 0 Å². The minimum absolute atomic E-state index is 0.131. The maximum atomic E-state index is 9.88. The SMILES string of the molecule is CC1=C[C@@H](C)[C@H](O)[C@@H](C(C)C)C1. The van der Waals surface area contributed by atoms with E-state index in [2.05, 4.69) is 33.8 Å². The van der Waals surface area contributed by atoms with E-state index in [1.54, 1.807) is 0 Å². The van der Waals surface area contributed by atoms with Crippen molar-refractivity contribution in [1.29, 1.82) is 0 Å². The van der Waals surface area contributed by atoms with Gasteiger partial charge in [-0.05, 0) is 25.2 Å². The molecule has 70 valence electrons. The van der Waals surface area contributed by atoms with E-state index in [1.807, 2.05) is 0 Å². The molecular weight excluding hydrogens is 148 g/mol. The molecule has 0 bridgehead atoms. The van der Waals surface area contributed by atoms with Gasteiger partial charge in [0.2, 0.25) is 0 Å². The van der Waals surface area contributed by atoms with Crippen LogP contribution in [0.3, 0.4) is 0 Å². The summed E-state index contributed by atoms with van der Waals surface area (Å²) >= 11 is 0. The first kappa shape index (κ1) is 9.79. The highest BCUT2D eigenvalue weighted by Gasteiger charge is 2.29. The van der Waals surface area contributed by atoms with Gasteiger partial charge in [-0.25, -0.2) is 0 Å². The zero-order valence-electron chi connectivity index (χ0n) is 8.54. The van der Waals surface area contributed by atoms with Crippen LogP contribution in [0.4, 0.5) is 0 Å². The van der Waals surface area contributed by atoms with Crippen molar-refractivity contribution in [2.24, 2.45) is 17.8 Å². The fraction of sp³-hybridized carbons (Fsp3) is 0.818. The second-order valence-electron chi connectivity index (χ2n) is 4.47. The molecule has 3 atom stereocenters. The Balaban J connectivity index is 2.73. The van der Waals surface area contributed by atoms with Crippen molar-refractivity contribution in [2.45, 2.75) is 40.2 Å². The lowest BCUT2D eigenvalue weighted by Crippen LogP contribution is -2.33. The van der Waals surface area contributed by atoms with Crippen LogP contribution in [0.15, 0.2) is 11.6 Å². The number of aliphatic hydroxyl groups excluding tert-OH is 1. The van der Waals surface area contributed by atoms with Gasteiger partial charge in [-0.15, -0.1) is 0 Å². The van der Waals surface area contributed by atoms with Gasteiger partial charge in [-0.3, -0.25) is 0 Å². The highest BCUT2D eigenvalue weighted by Crippen LogP contribution is 2.32. The summed E-state index contributed by atoms with van der Waals surface area (Å²) in [5.74, 6) is 1.39. The zero-order valence-corrected chi connectivity index (χ0v) is 8.54. The Kier molecular flexibility index (Phi) is 2.94. The normalized spacial score (nSPS) is 36.8. The van der Waals surface area contributed by atoms with Gasteiger partial charge >= 0.3 is 0 Å². The van der Waals surface area contributed by atoms with Gasteiger partial charge in [0.1, 0.15) is 0 Å². The number of aliphatic hydroxyl groups is 1. The smallest absolute Gasteiger partial charge is 0.0633 e. The highest BCUT2D eigenvalue weighted by molar-refractivity contribution is 5.09. The molecule has 12 heavy (non-hydrogen) atoms. The maximum absolute atomic E-state index is 9.88. The van der Waals surface area contributed by atoms with Crippen LogP contribution in [0, 0.1) is 17.8 Å². The summed E-state index contributed by atoms with van der Waals surface area (Å²) in [7, 11) is 0. The molecule has 0 aliphatic heterocycles. The third kappa shape index (κ3) is 1.89. The van der Waals surface area contributed by atoms with Gasteiger partial charge < -0.3 is 5.11 Å². The van der Waals surface area contributed by atoms with Crippen LogP contribution in [0.25, 0.3) is 0 Å². The number of hydrogen-bond donors (Lipinski definition) is 1. The molecule has 0 unspecified atom stereocenters. The second-order valence-corrected chi connectivity index (χ2v) is 4.47. The first-order valence-corrected chi connectivity index (χ1v) is 4.87. The minimum atomic E-state index is -0.131. The van der Waals surface area contributed by atoms with E-state index in [-0.39, 0.29) is 6.10 Å². The summed E-state index contributed by atoms with van der Waals surface area (Å²) < 4.78 is 0. The number of hydrogen-bond acceptors (Lipinski definition) is 1. The molecule has 1 nitrogen and oxygen atoms in total. The largest absolute Gasteiger partial charge is 0.392 e. The molecule has 0 fully saturated rings. The van der Waals surface area contributed by atoms with Crippen LogP contribution in [0.2, 0.25) is 0 Å². The summed E-state index contributed by atoms with van der Waals surface area (Å²) in [5, 5.41) is 9.88. The number of rotatable bonds is 1. The maximum Gasteiger partial charge on any atom is 0.0633 e. The predicted molar refractivity (Wildman–Crippen MR) is 51.9 cm³/mol. The Bertz CT molecular complexity index is 181. The first-order valence-electron chi connectivity index (χ1n) is 4.87. The molecule has 1 N–H and O–H groups in total. The first-order chi connectivity index (χ1) is 5.52.